The normalized spacial score (nSPS) is 15.6. The van der Waals surface area contributed by atoms with Gasteiger partial charge in [-0.25, -0.2) is 0 Å². The lowest BCUT2D eigenvalue weighted by Gasteiger charge is -2.37. The van der Waals surface area contributed by atoms with Crippen LogP contribution in [0, 0.1) is 12.8 Å². The molecule has 0 aliphatic carbocycles. The molecule has 8 heteroatoms. The molecule has 3 heterocycles. The number of nitrogens with zero attached hydrogens (tertiary/aromatic N) is 3. The summed E-state index contributed by atoms with van der Waals surface area (Å²) < 4.78 is 6.87. The van der Waals surface area contributed by atoms with Crippen molar-refractivity contribution in [3.05, 3.63) is 92.6 Å². The van der Waals surface area contributed by atoms with E-state index in [-0.39, 0.29) is 23.2 Å². The summed E-state index contributed by atoms with van der Waals surface area (Å²) in [5.41, 5.74) is 2.41. The third-order valence-electron chi connectivity index (χ3n) is 6.54. The Morgan fingerprint density at radius 2 is 2.00 bits per heavy atom. The number of carbonyl (C=O) groups excluding carboxylic acids is 1. The first-order valence-corrected chi connectivity index (χ1v) is 12.2. The van der Waals surface area contributed by atoms with E-state index in [1.54, 1.807) is 42.9 Å². The number of rotatable bonds is 7. The molecule has 184 valence electrons. The average Bonchev–Trinajstić information content (AvgIpc) is 2.85. The second-order valence-corrected chi connectivity index (χ2v) is 9.29. The van der Waals surface area contributed by atoms with Gasteiger partial charge in [0.2, 0.25) is 0 Å². The molecule has 1 fully saturated rings. The van der Waals surface area contributed by atoms with Crippen LogP contribution in [0.1, 0.15) is 48.2 Å². The topological polar surface area (TPSA) is 84.7 Å². The van der Waals surface area contributed by atoms with Crippen LogP contribution >= 0.6 is 11.6 Å². The molecule has 1 saturated heterocycles. The van der Waals surface area contributed by atoms with E-state index in [1.165, 1.54) is 0 Å². The number of aromatic hydroxyl groups is 1. The van der Waals surface area contributed by atoms with Gasteiger partial charge < -0.3 is 14.4 Å². The number of pyridine rings is 2. The molecule has 0 radical (unpaired) electrons. The number of ether oxygens (including phenoxy) is 1. The largest absolute Gasteiger partial charge is 0.507 e. The average molecular weight is 496 g/mol. The van der Waals surface area contributed by atoms with Crippen LogP contribution in [0.15, 0.2) is 59.7 Å². The molecule has 1 atom stereocenters. The van der Waals surface area contributed by atoms with Gasteiger partial charge in [0.15, 0.2) is 0 Å². The number of hydrogen-bond acceptors (Lipinski definition) is 6. The fraction of sp³-hybridized carbons (Fsp3) is 0.370. The molecule has 0 saturated carbocycles. The first kappa shape index (κ1) is 24.9. The van der Waals surface area contributed by atoms with Gasteiger partial charge in [-0.15, -0.1) is 0 Å². The molecule has 0 bridgehead atoms. The molecule has 0 unspecified atom stereocenters. The highest BCUT2D eigenvalue weighted by Gasteiger charge is 2.34. The van der Waals surface area contributed by atoms with Gasteiger partial charge in [-0.05, 0) is 75.2 Å². The Hall–Kier alpha value is -3.16. The highest BCUT2D eigenvalue weighted by Crippen LogP contribution is 2.36. The maximum atomic E-state index is 13.9. The van der Waals surface area contributed by atoms with Crippen LogP contribution in [0.25, 0.3) is 0 Å². The summed E-state index contributed by atoms with van der Waals surface area (Å²) in [6, 6.07) is 12.2. The zero-order valence-electron chi connectivity index (χ0n) is 20.0. The van der Waals surface area contributed by atoms with Crippen molar-refractivity contribution in [3.63, 3.8) is 0 Å². The van der Waals surface area contributed by atoms with E-state index in [0.717, 1.165) is 11.1 Å². The molecule has 0 spiro atoms. The van der Waals surface area contributed by atoms with Crippen molar-refractivity contribution in [1.82, 2.24) is 14.5 Å². The summed E-state index contributed by atoms with van der Waals surface area (Å²) in [6.07, 6.45) is 4.66. The monoisotopic (exact) mass is 495 g/mol. The molecule has 3 aromatic rings. The minimum Gasteiger partial charge on any atom is -0.507 e. The molecule has 1 aliphatic heterocycles. The molecule has 0 amide bonds. The first-order valence-electron chi connectivity index (χ1n) is 11.9. The Balaban J connectivity index is 1.75. The number of carbonyl (C=O) groups is 1. The van der Waals surface area contributed by atoms with Crippen molar-refractivity contribution in [3.8, 4) is 5.75 Å². The third-order valence-corrected chi connectivity index (χ3v) is 6.77. The van der Waals surface area contributed by atoms with E-state index in [4.69, 9.17) is 16.3 Å². The van der Waals surface area contributed by atoms with Crippen LogP contribution in [0.3, 0.4) is 0 Å². The predicted octanol–water partition coefficient (Wildman–Crippen LogP) is 4.32. The Labute approximate surface area is 209 Å². The second kappa shape index (κ2) is 11.1. The van der Waals surface area contributed by atoms with Crippen LogP contribution in [-0.2, 0) is 16.1 Å². The second-order valence-electron chi connectivity index (χ2n) is 8.86. The smallest absolute Gasteiger partial charge is 0.309 e. The van der Waals surface area contributed by atoms with Crippen molar-refractivity contribution in [2.45, 2.75) is 39.3 Å². The zero-order chi connectivity index (χ0) is 24.9. The predicted molar refractivity (Wildman–Crippen MR) is 135 cm³/mol. The number of benzene rings is 1. The van der Waals surface area contributed by atoms with E-state index < -0.39 is 6.04 Å². The van der Waals surface area contributed by atoms with Gasteiger partial charge in [0.25, 0.3) is 5.56 Å². The molecule has 1 aliphatic rings. The van der Waals surface area contributed by atoms with Gasteiger partial charge in [-0.3, -0.25) is 19.5 Å². The molecule has 2 aromatic heterocycles. The molecule has 35 heavy (non-hydrogen) atoms. The van der Waals surface area contributed by atoms with Gasteiger partial charge in [0, 0.05) is 23.1 Å². The minimum atomic E-state index is -0.509. The summed E-state index contributed by atoms with van der Waals surface area (Å²) in [6.45, 7) is 5.47. The number of esters is 1. The van der Waals surface area contributed by atoms with Gasteiger partial charge >= 0.3 is 5.97 Å². The summed E-state index contributed by atoms with van der Waals surface area (Å²) in [7, 11) is 0. The molecular formula is C27H30ClN3O4. The number of aromatic nitrogens is 2. The summed E-state index contributed by atoms with van der Waals surface area (Å²) in [5, 5.41) is 11.6. The third kappa shape index (κ3) is 5.57. The van der Waals surface area contributed by atoms with Crippen molar-refractivity contribution < 1.29 is 14.6 Å². The van der Waals surface area contributed by atoms with Crippen molar-refractivity contribution in [1.29, 1.82) is 0 Å². The fourth-order valence-corrected chi connectivity index (χ4v) is 4.99. The lowest BCUT2D eigenvalue weighted by Crippen LogP contribution is -2.42. The summed E-state index contributed by atoms with van der Waals surface area (Å²) in [5.74, 6) is -0.393. The highest BCUT2D eigenvalue weighted by molar-refractivity contribution is 6.30. The molecular weight excluding hydrogens is 466 g/mol. The van der Waals surface area contributed by atoms with Gasteiger partial charge in [-0.1, -0.05) is 29.8 Å². The van der Waals surface area contributed by atoms with Crippen LogP contribution in [0.5, 0.6) is 5.75 Å². The number of aryl methyl sites for hydroxylation is 1. The maximum absolute atomic E-state index is 13.9. The summed E-state index contributed by atoms with van der Waals surface area (Å²) >= 11 is 6.33. The Kier molecular flexibility index (Phi) is 7.88. The van der Waals surface area contributed by atoms with Crippen molar-refractivity contribution in [2.24, 2.45) is 5.92 Å². The lowest BCUT2D eigenvalue weighted by atomic mass is 9.91. The lowest BCUT2D eigenvalue weighted by molar-refractivity contribution is -0.149. The molecule has 7 nitrogen and oxygen atoms in total. The van der Waals surface area contributed by atoms with Gasteiger partial charge in [-0.2, -0.15) is 0 Å². The number of hydrogen-bond donors (Lipinski definition) is 1. The highest BCUT2D eigenvalue weighted by atomic mass is 35.5. The van der Waals surface area contributed by atoms with Crippen molar-refractivity contribution >= 4 is 17.6 Å². The van der Waals surface area contributed by atoms with E-state index >= 15 is 0 Å². The van der Waals surface area contributed by atoms with E-state index in [2.05, 4.69) is 9.88 Å². The van der Waals surface area contributed by atoms with Crippen LogP contribution < -0.4 is 5.56 Å². The molecule has 4 rings (SSSR count). The maximum Gasteiger partial charge on any atom is 0.309 e. The van der Waals surface area contributed by atoms with Crippen molar-refractivity contribution in [2.75, 3.05) is 19.7 Å². The van der Waals surface area contributed by atoms with E-state index in [0.29, 0.717) is 55.4 Å². The van der Waals surface area contributed by atoms with Gasteiger partial charge in [0.1, 0.15) is 5.75 Å². The number of piperidine rings is 1. The van der Waals surface area contributed by atoms with E-state index in [9.17, 15) is 14.7 Å². The Morgan fingerprint density at radius 3 is 2.66 bits per heavy atom. The number of halogens is 1. The summed E-state index contributed by atoms with van der Waals surface area (Å²) in [4.78, 5) is 32.4. The zero-order valence-corrected chi connectivity index (χ0v) is 20.7. The van der Waals surface area contributed by atoms with Crippen LogP contribution in [0.4, 0.5) is 0 Å². The Bertz CT molecular complexity index is 1240. The van der Waals surface area contributed by atoms with Crippen LogP contribution in [-0.4, -0.2) is 45.2 Å². The SMILES string of the molecule is CCOC(=O)C1CCN([C@@H](c2cccc(Cl)c2)c2c(O)cc(C)n(Cc3cccnc3)c2=O)CC1. The van der Waals surface area contributed by atoms with E-state index in [1.807, 2.05) is 30.3 Å². The standard InChI is InChI=1S/C27H30ClN3O4/c1-3-35-27(34)20-9-12-30(13-10-20)25(21-7-4-8-22(28)15-21)24-23(32)14-18(2)31(26(24)33)17-19-6-5-11-29-16-19/h4-8,11,14-16,20,25,32H,3,9-10,12-13,17H2,1-2H3/t25-/m0/s1. The molecule has 1 N–H and O–H groups in total. The van der Waals surface area contributed by atoms with Gasteiger partial charge in [0.05, 0.1) is 30.7 Å². The minimum absolute atomic E-state index is 0.0487. The molecule has 1 aromatic carbocycles. The fourth-order valence-electron chi connectivity index (χ4n) is 4.79. The number of likely N-dealkylation sites (tertiary alicyclic amines) is 1. The quantitative estimate of drug-likeness (QED) is 0.491. The first-order chi connectivity index (χ1) is 16.9. The van der Waals surface area contributed by atoms with Crippen LogP contribution in [0.2, 0.25) is 5.02 Å². The Morgan fingerprint density at radius 1 is 1.23 bits per heavy atom.